The highest BCUT2D eigenvalue weighted by atomic mass is 19.1. The van der Waals surface area contributed by atoms with Crippen molar-refractivity contribution in [1.29, 1.82) is 0 Å². The molecule has 0 aliphatic carbocycles. The van der Waals surface area contributed by atoms with Crippen LogP contribution in [0.5, 0.6) is 0 Å². The minimum absolute atomic E-state index is 0.192. The fraction of sp³-hybridized carbons (Fsp3) is 0.240. The fourth-order valence-electron chi connectivity index (χ4n) is 3.34. The van der Waals surface area contributed by atoms with Crippen LogP contribution in [0, 0.1) is 17.8 Å². The lowest BCUT2D eigenvalue weighted by Crippen LogP contribution is -2.35. The van der Waals surface area contributed by atoms with Crippen LogP contribution in [-0.4, -0.2) is 54.3 Å². The largest absolute Gasteiger partial charge is 0.465 e. The van der Waals surface area contributed by atoms with Gasteiger partial charge in [0.2, 0.25) is 5.95 Å². The average molecular weight is 431 g/mol. The molecule has 0 amide bonds. The Kier molecular flexibility index (Phi) is 6.85. The molecule has 0 N–H and O–H groups in total. The molecule has 0 saturated carbocycles. The van der Waals surface area contributed by atoms with Crippen molar-refractivity contribution in [1.82, 2.24) is 14.9 Å². The zero-order chi connectivity index (χ0) is 22.3. The van der Waals surface area contributed by atoms with E-state index in [-0.39, 0.29) is 11.1 Å². The third kappa shape index (κ3) is 5.35. The first kappa shape index (κ1) is 21.6. The summed E-state index contributed by atoms with van der Waals surface area (Å²) in [6.45, 7) is 4.18. The monoisotopic (exact) mass is 431 g/mol. The molecule has 4 rings (SSSR count). The van der Waals surface area contributed by atoms with E-state index in [1.165, 1.54) is 13.2 Å². The maximum atomic E-state index is 14.2. The van der Waals surface area contributed by atoms with Crippen LogP contribution >= 0.6 is 0 Å². The Morgan fingerprint density at radius 1 is 1.06 bits per heavy atom. The third-order valence-electron chi connectivity index (χ3n) is 5.12. The van der Waals surface area contributed by atoms with E-state index < -0.39 is 11.9 Å². The van der Waals surface area contributed by atoms with Gasteiger partial charge < -0.3 is 9.47 Å². The van der Waals surface area contributed by atoms with Gasteiger partial charge in [0.1, 0.15) is 0 Å². The second-order valence-corrected chi connectivity index (χ2v) is 7.31. The first-order chi connectivity index (χ1) is 15.6. The van der Waals surface area contributed by atoms with Crippen molar-refractivity contribution in [2.75, 3.05) is 33.4 Å². The molecule has 2 aromatic heterocycles. The van der Waals surface area contributed by atoms with Crippen LogP contribution in [0.15, 0.2) is 54.9 Å². The van der Waals surface area contributed by atoms with Gasteiger partial charge in [-0.3, -0.25) is 9.88 Å². The molecule has 0 atom stereocenters. The van der Waals surface area contributed by atoms with Crippen molar-refractivity contribution in [3.8, 4) is 23.0 Å². The molecule has 6 nitrogen and oxygen atoms in total. The van der Waals surface area contributed by atoms with Gasteiger partial charge in [0, 0.05) is 48.7 Å². The summed E-state index contributed by atoms with van der Waals surface area (Å²) in [5.41, 5.74) is 3.63. The van der Waals surface area contributed by atoms with E-state index >= 15 is 0 Å². The van der Waals surface area contributed by atoms with Crippen molar-refractivity contribution in [3.63, 3.8) is 0 Å². The number of carbonyl (C=O) groups excluding carboxylic acids is 1. The van der Waals surface area contributed by atoms with E-state index in [4.69, 9.17) is 4.74 Å². The van der Waals surface area contributed by atoms with Crippen molar-refractivity contribution in [2.24, 2.45) is 0 Å². The van der Waals surface area contributed by atoms with Crippen LogP contribution < -0.4 is 0 Å². The van der Waals surface area contributed by atoms with Crippen LogP contribution in [0.3, 0.4) is 0 Å². The van der Waals surface area contributed by atoms with Crippen LogP contribution in [0.4, 0.5) is 4.39 Å². The fourth-order valence-corrected chi connectivity index (χ4v) is 3.34. The number of pyridine rings is 2. The smallest absolute Gasteiger partial charge is 0.339 e. The van der Waals surface area contributed by atoms with E-state index in [2.05, 4.69) is 31.4 Å². The highest BCUT2D eigenvalue weighted by Gasteiger charge is 2.13. The third-order valence-corrected chi connectivity index (χ3v) is 5.12. The highest BCUT2D eigenvalue weighted by Crippen LogP contribution is 2.23. The summed E-state index contributed by atoms with van der Waals surface area (Å²) in [4.78, 5) is 22.2. The van der Waals surface area contributed by atoms with E-state index in [1.54, 1.807) is 30.5 Å². The number of rotatable bonds is 4. The molecule has 3 heterocycles. The molecule has 1 fully saturated rings. The second kappa shape index (κ2) is 10.1. The van der Waals surface area contributed by atoms with Crippen molar-refractivity contribution >= 4 is 5.97 Å². The molecule has 32 heavy (non-hydrogen) atoms. The van der Waals surface area contributed by atoms with Gasteiger partial charge in [-0.05, 0) is 35.9 Å². The lowest BCUT2D eigenvalue weighted by Gasteiger charge is -2.26. The Balaban J connectivity index is 1.44. The molecule has 0 spiro atoms. The zero-order valence-corrected chi connectivity index (χ0v) is 17.7. The minimum Gasteiger partial charge on any atom is -0.465 e. The first-order valence-electron chi connectivity index (χ1n) is 10.2. The quantitative estimate of drug-likeness (QED) is 0.359. The van der Waals surface area contributed by atoms with Crippen molar-refractivity contribution in [3.05, 3.63) is 83.2 Å². The molecule has 1 aliphatic heterocycles. The second-order valence-electron chi connectivity index (χ2n) is 7.31. The van der Waals surface area contributed by atoms with Crippen LogP contribution in [0.2, 0.25) is 0 Å². The summed E-state index contributed by atoms with van der Waals surface area (Å²) < 4.78 is 24.2. The predicted octanol–water partition coefficient (Wildman–Crippen LogP) is 3.30. The number of methoxy groups -OCH3 is 1. The number of benzene rings is 1. The van der Waals surface area contributed by atoms with E-state index in [9.17, 15) is 9.18 Å². The number of carbonyl (C=O) groups is 1. The number of aromatic nitrogens is 2. The number of hydrogen-bond acceptors (Lipinski definition) is 6. The summed E-state index contributed by atoms with van der Waals surface area (Å²) in [6, 6.07) is 12.5. The van der Waals surface area contributed by atoms with Gasteiger partial charge in [-0.25, -0.2) is 9.78 Å². The molecule has 1 aromatic carbocycles. The zero-order valence-electron chi connectivity index (χ0n) is 17.7. The molecule has 7 heteroatoms. The Labute approximate surface area is 186 Å². The Morgan fingerprint density at radius 2 is 1.78 bits per heavy atom. The molecular formula is C25H22FN3O3. The summed E-state index contributed by atoms with van der Waals surface area (Å²) in [5, 5.41) is 0. The molecular weight excluding hydrogens is 409 g/mol. The normalized spacial score (nSPS) is 13.8. The van der Waals surface area contributed by atoms with Gasteiger partial charge in [0.25, 0.3) is 0 Å². The predicted molar refractivity (Wildman–Crippen MR) is 117 cm³/mol. The van der Waals surface area contributed by atoms with E-state index in [0.29, 0.717) is 5.56 Å². The number of halogens is 1. The SMILES string of the molecule is COC(=O)c1cnc(F)c(-c2ccc(C#Cc3ccc(CN4CCOCC4)nc3)cc2)c1. The van der Waals surface area contributed by atoms with Gasteiger partial charge >= 0.3 is 5.97 Å². The summed E-state index contributed by atoms with van der Waals surface area (Å²) in [5.74, 6) is 4.98. The first-order valence-corrected chi connectivity index (χ1v) is 10.2. The molecule has 1 aliphatic rings. The summed E-state index contributed by atoms with van der Waals surface area (Å²) in [7, 11) is 1.27. The number of morpholine rings is 1. The Bertz CT molecular complexity index is 1150. The van der Waals surface area contributed by atoms with E-state index in [1.807, 2.05) is 12.1 Å². The maximum absolute atomic E-state index is 14.2. The molecule has 0 bridgehead atoms. The average Bonchev–Trinajstić information content (AvgIpc) is 2.84. The van der Waals surface area contributed by atoms with Crippen LogP contribution in [-0.2, 0) is 16.0 Å². The molecule has 3 aromatic rings. The lowest BCUT2D eigenvalue weighted by molar-refractivity contribution is 0.0336. The van der Waals surface area contributed by atoms with E-state index in [0.717, 1.165) is 55.9 Å². The number of hydrogen-bond donors (Lipinski definition) is 0. The Morgan fingerprint density at radius 3 is 2.47 bits per heavy atom. The highest BCUT2D eigenvalue weighted by molar-refractivity contribution is 5.90. The van der Waals surface area contributed by atoms with Crippen molar-refractivity contribution in [2.45, 2.75) is 6.54 Å². The van der Waals surface area contributed by atoms with Gasteiger partial charge in [0.15, 0.2) is 0 Å². The standard InChI is InChI=1S/C25H22FN3O3/c1-31-25(30)21-14-23(24(26)28-16-21)20-7-4-18(5-8-20)2-3-19-6-9-22(27-15-19)17-29-10-12-32-13-11-29/h4-9,14-16H,10-13,17H2,1H3. The van der Waals surface area contributed by atoms with Crippen LogP contribution in [0.25, 0.3) is 11.1 Å². The van der Waals surface area contributed by atoms with Gasteiger partial charge in [-0.2, -0.15) is 4.39 Å². The lowest BCUT2D eigenvalue weighted by atomic mass is 10.0. The molecule has 162 valence electrons. The number of ether oxygens (including phenoxy) is 2. The van der Waals surface area contributed by atoms with Crippen molar-refractivity contribution < 1.29 is 18.7 Å². The van der Waals surface area contributed by atoms with Gasteiger partial charge in [0.05, 0.1) is 31.6 Å². The molecule has 0 unspecified atom stereocenters. The minimum atomic E-state index is -0.653. The summed E-state index contributed by atoms with van der Waals surface area (Å²) >= 11 is 0. The maximum Gasteiger partial charge on any atom is 0.339 e. The van der Waals surface area contributed by atoms with Gasteiger partial charge in [-0.1, -0.05) is 24.0 Å². The topological polar surface area (TPSA) is 64.5 Å². The molecule has 0 radical (unpaired) electrons. The van der Waals surface area contributed by atoms with Gasteiger partial charge in [-0.15, -0.1) is 0 Å². The number of nitrogens with zero attached hydrogens (tertiary/aromatic N) is 3. The summed E-state index contributed by atoms with van der Waals surface area (Å²) in [6.07, 6.45) is 2.93. The van der Waals surface area contributed by atoms with Crippen LogP contribution in [0.1, 0.15) is 27.2 Å². The Hall–Kier alpha value is -3.60. The molecule has 1 saturated heterocycles. The number of esters is 1.